The first-order valence-corrected chi connectivity index (χ1v) is 6.68. The molecule has 0 saturated carbocycles. The molecule has 94 valence electrons. The Bertz CT molecular complexity index is 505. The maximum Gasteiger partial charge on any atom is 0.0485 e. The summed E-state index contributed by atoms with van der Waals surface area (Å²) in [6.45, 7) is 4.32. The van der Waals surface area contributed by atoms with Crippen molar-refractivity contribution in [2.45, 2.75) is 26.3 Å². The second kappa shape index (κ2) is 5.92. The van der Waals surface area contributed by atoms with E-state index in [1.54, 1.807) is 0 Å². The van der Waals surface area contributed by atoms with Gasteiger partial charge in [-0.05, 0) is 42.7 Å². The van der Waals surface area contributed by atoms with Crippen LogP contribution in [-0.4, -0.2) is 0 Å². The zero-order valence-corrected chi connectivity index (χ0v) is 11.5. The van der Waals surface area contributed by atoms with Crippen LogP contribution in [0.4, 0.5) is 5.69 Å². The molecule has 0 fully saturated rings. The van der Waals surface area contributed by atoms with Crippen molar-refractivity contribution >= 4 is 17.3 Å². The van der Waals surface area contributed by atoms with Crippen molar-refractivity contribution in [3.63, 3.8) is 0 Å². The molecule has 0 aliphatic heterocycles. The van der Waals surface area contributed by atoms with Gasteiger partial charge >= 0.3 is 0 Å². The van der Waals surface area contributed by atoms with E-state index in [2.05, 4.69) is 43.4 Å². The summed E-state index contributed by atoms with van der Waals surface area (Å²) in [5, 5.41) is 4.21. The lowest BCUT2D eigenvalue weighted by Crippen LogP contribution is -2.06. The molecule has 1 nitrogen and oxygen atoms in total. The topological polar surface area (TPSA) is 12.0 Å². The van der Waals surface area contributed by atoms with E-state index < -0.39 is 0 Å². The quantitative estimate of drug-likeness (QED) is 0.808. The molecule has 0 saturated heterocycles. The molecular weight excluding hydrogens is 242 g/mol. The number of rotatable bonds is 4. The highest BCUT2D eigenvalue weighted by atomic mass is 35.5. The zero-order chi connectivity index (χ0) is 13.0. The number of halogens is 1. The summed E-state index contributed by atoms with van der Waals surface area (Å²) >= 11 is 5.97. The summed E-state index contributed by atoms with van der Waals surface area (Å²) in [4.78, 5) is 0. The molecule has 2 aromatic carbocycles. The Morgan fingerprint density at radius 2 is 1.83 bits per heavy atom. The normalized spacial score (nSPS) is 12.2. The van der Waals surface area contributed by atoms with Gasteiger partial charge in [-0.15, -0.1) is 0 Å². The maximum atomic E-state index is 5.97. The lowest BCUT2D eigenvalue weighted by Gasteiger charge is -2.16. The Labute approximate surface area is 114 Å². The minimum atomic E-state index is 0.273. The van der Waals surface area contributed by atoms with Crippen LogP contribution in [0, 0.1) is 0 Å². The molecule has 1 atom stereocenters. The molecule has 0 amide bonds. The Morgan fingerprint density at radius 1 is 1.11 bits per heavy atom. The van der Waals surface area contributed by atoms with Crippen molar-refractivity contribution < 1.29 is 0 Å². The highest BCUT2D eigenvalue weighted by molar-refractivity contribution is 6.30. The Kier molecular flexibility index (Phi) is 4.27. The second-order valence-electron chi connectivity index (χ2n) is 4.47. The standard InChI is InChI=1S/C16H18ClN/c1-3-13-7-9-14(10-8-13)12(2)18-16-6-4-5-15(17)11-16/h4-12,18H,3H2,1-2H3. The van der Waals surface area contributed by atoms with Gasteiger partial charge in [-0.1, -0.05) is 48.9 Å². The lowest BCUT2D eigenvalue weighted by molar-refractivity contribution is 0.883. The van der Waals surface area contributed by atoms with Gasteiger partial charge in [-0.2, -0.15) is 0 Å². The predicted molar refractivity (Wildman–Crippen MR) is 79.3 cm³/mol. The molecule has 0 aliphatic rings. The van der Waals surface area contributed by atoms with Gasteiger partial charge in [0.2, 0.25) is 0 Å². The number of anilines is 1. The second-order valence-corrected chi connectivity index (χ2v) is 4.91. The van der Waals surface area contributed by atoms with Gasteiger partial charge in [-0.3, -0.25) is 0 Å². The first-order valence-electron chi connectivity index (χ1n) is 6.30. The van der Waals surface area contributed by atoms with E-state index in [0.717, 1.165) is 17.1 Å². The Balaban J connectivity index is 2.09. The number of hydrogen-bond donors (Lipinski definition) is 1. The Morgan fingerprint density at radius 3 is 2.44 bits per heavy atom. The third kappa shape index (κ3) is 3.27. The van der Waals surface area contributed by atoms with Crippen molar-refractivity contribution in [3.8, 4) is 0 Å². The van der Waals surface area contributed by atoms with Crippen LogP contribution in [0.2, 0.25) is 5.02 Å². The summed E-state index contributed by atoms with van der Waals surface area (Å²) in [5.74, 6) is 0. The molecule has 2 heteroatoms. The van der Waals surface area contributed by atoms with Gasteiger partial charge in [0.05, 0.1) is 0 Å². The van der Waals surface area contributed by atoms with Crippen molar-refractivity contribution in [2.75, 3.05) is 5.32 Å². The van der Waals surface area contributed by atoms with Crippen molar-refractivity contribution in [1.82, 2.24) is 0 Å². The van der Waals surface area contributed by atoms with E-state index in [0.29, 0.717) is 0 Å². The molecule has 0 radical (unpaired) electrons. The summed E-state index contributed by atoms with van der Waals surface area (Å²) < 4.78 is 0. The van der Waals surface area contributed by atoms with E-state index >= 15 is 0 Å². The van der Waals surface area contributed by atoms with Crippen LogP contribution in [0.15, 0.2) is 48.5 Å². The minimum Gasteiger partial charge on any atom is -0.378 e. The molecule has 18 heavy (non-hydrogen) atoms. The molecule has 1 N–H and O–H groups in total. The largest absolute Gasteiger partial charge is 0.378 e. The maximum absolute atomic E-state index is 5.97. The minimum absolute atomic E-state index is 0.273. The molecule has 0 spiro atoms. The van der Waals surface area contributed by atoms with E-state index in [9.17, 15) is 0 Å². The number of nitrogens with one attached hydrogen (secondary N) is 1. The van der Waals surface area contributed by atoms with Crippen LogP contribution in [0.1, 0.15) is 31.0 Å². The van der Waals surface area contributed by atoms with Gasteiger partial charge < -0.3 is 5.32 Å². The average Bonchev–Trinajstić information content (AvgIpc) is 2.39. The van der Waals surface area contributed by atoms with E-state index in [-0.39, 0.29) is 6.04 Å². The van der Waals surface area contributed by atoms with Gasteiger partial charge in [0, 0.05) is 16.8 Å². The monoisotopic (exact) mass is 259 g/mol. The van der Waals surface area contributed by atoms with Gasteiger partial charge in [0.1, 0.15) is 0 Å². The summed E-state index contributed by atoms with van der Waals surface area (Å²) in [7, 11) is 0. The van der Waals surface area contributed by atoms with E-state index in [1.165, 1.54) is 11.1 Å². The first kappa shape index (κ1) is 13.0. The Hall–Kier alpha value is -1.47. The highest BCUT2D eigenvalue weighted by Gasteiger charge is 2.05. The first-order chi connectivity index (χ1) is 8.69. The molecule has 0 aliphatic carbocycles. The molecule has 0 aromatic heterocycles. The van der Waals surface area contributed by atoms with Gasteiger partial charge in [0.15, 0.2) is 0 Å². The third-order valence-corrected chi connectivity index (χ3v) is 3.33. The van der Waals surface area contributed by atoms with Crippen molar-refractivity contribution in [1.29, 1.82) is 0 Å². The van der Waals surface area contributed by atoms with Crippen LogP contribution in [0.25, 0.3) is 0 Å². The molecule has 2 aromatic rings. The van der Waals surface area contributed by atoms with E-state index in [4.69, 9.17) is 11.6 Å². The fourth-order valence-corrected chi connectivity index (χ4v) is 2.14. The smallest absolute Gasteiger partial charge is 0.0485 e. The van der Waals surface area contributed by atoms with Crippen LogP contribution < -0.4 is 5.32 Å². The van der Waals surface area contributed by atoms with Crippen molar-refractivity contribution in [3.05, 3.63) is 64.7 Å². The van der Waals surface area contributed by atoms with Crippen LogP contribution in [-0.2, 0) is 6.42 Å². The number of benzene rings is 2. The predicted octanol–water partition coefficient (Wildman–Crippen LogP) is 5.08. The van der Waals surface area contributed by atoms with Gasteiger partial charge in [0.25, 0.3) is 0 Å². The molecule has 1 unspecified atom stereocenters. The highest BCUT2D eigenvalue weighted by Crippen LogP contribution is 2.22. The van der Waals surface area contributed by atoms with Crippen LogP contribution >= 0.6 is 11.6 Å². The average molecular weight is 260 g/mol. The molecule has 0 bridgehead atoms. The fraction of sp³-hybridized carbons (Fsp3) is 0.250. The van der Waals surface area contributed by atoms with Crippen LogP contribution in [0.3, 0.4) is 0 Å². The summed E-state index contributed by atoms with van der Waals surface area (Å²) in [5.41, 5.74) is 3.70. The number of aryl methyl sites for hydroxylation is 1. The molecule has 2 rings (SSSR count). The number of hydrogen-bond acceptors (Lipinski definition) is 1. The van der Waals surface area contributed by atoms with E-state index in [1.807, 2.05) is 24.3 Å². The lowest BCUT2D eigenvalue weighted by atomic mass is 10.0. The third-order valence-electron chi connectivity index (χ3n) is 3.10. The zero-order valence-electron chi connectivity index (χ0n) is 10.8. The van der Waals surface area contributed by atoms with Gasteiger partial charge in [-0.25, -0.2) is 0 Å². The van der Waals surface area contributed by atoms with Crippen molar-refractivity contribution in [2.24, 2.45) is 0 Å². The fourth-order valence-electron chi connectivity index (χ4n) is 1.95. The molecule has 0 heterocycles. The summed E-state index contributed by atoms with van der Waals surface area (Å²) in [6, 6.07) is 16.8. The molecular formula is C16H18ClN. The summed E-state index contributed by atoms with van der Waals surface area (Å²) in [6.07, 6.45) is 1.08. The van der Waals surface area contributed by atoms with Crippen LogP contribution in [0.5, 0.6) is 0 Å². The SMILES string of the molecule is CCc1ccc(C(C)Nc2cccc(Cl)c2)cc1.